The number of ether oxygens (including phenoxy) is 3. The van der Waals surface area contributed by atoms with Crippen LogP contribution in [0.25, 0.3) is 5.69 Å². The largest absolute Gasteiger partial charge is 0.494 e. The van der Waals surface area contributed by atoms with Gasteiger partial charge in [-0.05, 0) is 37.5 Å². The maximum atomic E-state index is 13.2. The van der Waals surface area contributed by atoms with Crippen LogP contribution >= 0.6 is 0 Å². The van der Waals surface area contributed by atoms with Gasteiger partial charge >= 0.3 is 0 Å². The van der Waals surface area contributed by atoms with Crippen LogP contribution in [0.5, 0.6) is 11.5 Å². The van der Waals surface area contributed by atoms with Gasteiger partial charge in [-0.15, -0.1) is 10.2 Å². The topological polar surface area (TPSA) is 105 Å². The summed E-state index contributed by atoms with van der Waals surface area (Å²) < 4.78 is 47.7. The van der Waals surface area contributed by atoms with Crippen molar-refractivity contribution in [1.29, 1.82) is 0 Å². The number of rotatable bonds is 8. The lowest BCUT2D eigenvalue weighted by atomic mass is 10.2. The molecule has 1 fully saturated rings. The Balaban J connectivity index is 1.83. The summed E-state index contributed by atoms with van der Waals surface area (Å²) in [5.41, 5.74) is 1.17. The summed E-state index contributed by atoms with van der Waals surface area (Å²) in [5.74, 6) is 1.50. The third-order valence-corrected chi connectivity index (χ3v) is 7.17. The van der Waals surface area contributed by atoms with Crippen LogP contribution in [0.3, 0.4) is 0 Å². The average Bonchev–Trinajstić information content (AvgIpc) is 3.48. The molecule has 2 aromatic carbocycles. The van der Waals surface area contributed by atoms with E-state index in [0.717, 1.165) is 12.8 Å². The Hall–Kier alpha value is -3.11. The van der Waals surface area contributed by atoms with Crippen LogP contribution in [0.2, 0.25) is 0 Å². The Labute approximate surface area is 187 Å². The van der Waals surface area contributed by atoms with Crippen molar-refractivity contribution < 1.29 is 22.6 Å². The molecule has 9 nitrogen and oxygen atoms in total. The summed E-state index contributed by atoms with van der Waals surface area (Å²) in [5, 5.41) is 7.67. The van der Waals surface area contributed by atoms with Gasteiger partial charge in [-0.3, -0.25) is 9.29 Å². The molecule has 0 aliphatic carbocycles. The molecule has 3 aromatic rings. The summed E-state index contributed by atoms with van der Waals surface area (Å²) in [4.78, 5) is 0. The Kier molecular flexibility index (Phi) is 6.33. The second-order valence-corrected chi connectivity index (χ2v) is 9.43. The molecular weight excluding hydrogens is 432 g/mol. The highest BCUT2D eigenvalue weighted by Crippen LogP contribution is 2.39. The number of sulfonamides is 1. The smallest absolute Gasteiger partial charge is 0.243 e. The number of para-hydroxylation sites is 1. The number of hydrogen-bond acceptors (Lipinski definition) is 7. The van der Waals surface area contributed by atoms with E-state index in [9.17, 15) is 8.42 Å². The van der Waals surface area contributed by atoms with E-state index in [0.29, 0.717) is 35.2 Å². The van der Waals surface area contributed by atoms with Gasteiger partial charge in [0.1, 0.15) is 28.5 Å². The zero-order valence-electron chi connectivity index (χ0n) is 18.2. The first-order valence-corrected chi connectivity index (χ1v) is 11.9. The number of anilines is 1. The normalized spacial score (nSPS) is 17.2. The van der Waals surface area contributed by atoms with E-state index in [1.807, 2.05) is 6.07 Å². The van der Waals surface area contributed by atoms with E-state index in [-0.39, 0.29) is 12.1 Å². The lowest BCUT2D eigenvalue weighted by molar-refractivity contribution is 0.103. The summed E-state index contributed by atoms with van der Waals surface area (Å²) in [6.07, 6.45) is 1.32. The van der Waals surface area contributed by atoms with Gasteiger partial charge in [-0.25, -0.2) is 8.42 Å². The van der Waals surface area contributed by atoms with E-state index in [4.69, 9.17) is 14.2 Å². The van der Waals surface area contributed by atoms with Crippen LogP contribution in [0.15, 0.2) is 48.5 Å². The predicted molar refractivity (Wildman–Crippen MR) is 120 cm³/mol. The van der Waals surface area contributed by atoms with Crippen molar-refractivity contribution in [3.05, 3.63) is 59.9 Å². The summed E-state index contributed by atoms with van der Waals surface area (Å²) in [6, 6.07) is 14.3. The Bertz CT molecular complexity index is 1150. The molecule has 0 spiro atoms. The van der Waals surface area contributed by atoms with Crippen molar-refractivity contribution >= 4 is 16.0 Å². The lowest BCUT2D eigenvalue weighted by Crippen LogP contribution is -2.22. The van der Waals surface area contributed by atoms with Gasteiger partial charge < -0.3 is 14.2 Å². The van der Waals surface area contributed by atoms with Crippen LogP contribution in [0.4, 0.5) is 5.95 Å². The summed E-state index contributed by atoms with van der Waals surface area (Å²) in [7, 11) is -0.767. The average molecular weight is 459 g/mol. The standard InChI is InChI=1S/C22H26N4O5S/c1-15(16-9-5-4-6-10-16)32(27,28)25-22-24-23-21(19-13-8-14-31-19)26(22)20-17(29-2)11-7-12-18(20)30-3/h4-7,9-12,15,19H,8,13-14H2,1-3H3,(H,24,25)/t15-,19?/m0/s1. The minimum atomic E-state index is -3.84. The first-order chi connectivity index (χ1) is 15.5. The minimum absolute atomic E-state index is 0.0427. The lowest BCUT2D eigenvalue weighted by Gasteiger charge is -2.20. The van der Waals surface area contributed by atoms with Gasteiger partial charge in [0.2, 0.25) is 16.0 Å². The first-order valence-electron chi connectivity index (χ1n) is 10.3. The molecule has 1 N–H and O–H groups in total. The van der Waals surface area contributed by atoms with Crippen molar-refractivity contribution in [3.8, 4) is 17.2 Å². The van der Waals surface area contributed by atoms with Gasteiger partial charge in [0, 0.05) is 6.61 Å². The van der Waals surface area contributed by atoms with Gasteiger partial charge in [-0.1, -0.05) is 36.4 Å². The molecule has 0 radical (unpaired) electrons. The highest BCUT2D eigenvalue weighted by atomic mass is 32.2. The van der Waals surface area contributed by atoms with E-state index >= 15 is 0 Å². The predicted octanol–water partition coefficient (Wildman–Crippen LogP) is 3.64. The van der Waals surface area contributed by atoms with Crippen LogP contribution in [0.1, 0.15) is 42.5 Å². The van der Waals surface area contributed by atoms with Crippen molar-refractivity contribution in [2.24, 2.45) is 0 Å². The number of nitrogens with zero attached hydrogens (tertiary/aromatic N) is 3. The van der Waals surface area contributed by atoms with Gasteiger partial charge in [0.25, 0.3) is 0 Å². The maximum absolute atomic E-state index is 13.2. The molecular formula is C22H26N4O5S. The summed E-state index contributed by atoms with van der Waals surface area (Å²) >= 11 is 0. The zero-order chi connectivity index (χ0) is 22.7. The van der Waals surface area contributed by atoms with Crippen molar-refractivity contribution in [3.63, 3.8) is 0 Å². The van der Waals surface area contributed by atoms with Gasteiger partial charge in [-0.2, -0.15) is 0 Å². The third-order valence-electron chi connectivity index (χ3n) is 5.50. The van der Waals surface area contributed by atoms with Crippen molar-refractivity contribution in [2.75, 3.05) is 25.5 Å². The fourth-order valence-corrected chi connectivity index (χ4v) is 4.82. The fourth-order valence-electron chi connectivity index (χ4n) is 3.74. The molecule has 4 rings (SSSR count). The molecule has 1 aliphatic heterocycles. The molecule has 0 saturated carbocycles. The molecule has 1 saturated heterocycles. The summed E-state index contributed by atoms with van der Waals surface area (Å²) in [6.45, 7) is 2.23. The molecule has 32 heavy (non-hydrogen) atoms. The second-order valence-electron chi connectivity index (χ2n) is 7.43. The molecule has 10 heteroatoms. The molecule has 2 atom stereocenters. The number of aromatic nitrogens is 3. The molecule has 170 valence electrons. The zero-order valence-corrected chi connectivity index (χ0v) is 19.0. The van der Waals surface area contributed by atoms with Crippen LogP contribution < -0.4 is 14.2 Å². The van der Waals surface area contributed by atoms with E-state index in [1.54, 1.807) is 54.0 Å². The first kappa shape index (κ1) is 22.1. The molecule has 1 unspecified atom stereocenters. The number of benzene rings is 2. The van der Waals surface area contributed by atoms with E-state index in [1.165, 1.54) is 14.2 Å². The minimum Gasteiger partial charge on any atom is -0.494 e. The number of nitrogens with one attached hydrogen (secondary N) is 1. The molecule has 0 bridgehead atoms. The maximum Gasteiger partial charge on any atom is 0.243 e. The third kappa shape index (κ3) is 4.15. The van der Waals surface area contributed by atoms with Crippen molar-refractivity contribution in [2.45, 2.75) is 31.1 Å². The van der Waals surface area contributed by atoms with Crippen LogP contribution in [-0.4, -0.2) is 44.0 Å². The Morgan fingerprint density at radius 3 is 2.34 bits per heavy atom. The fraction of sp³-hybridized carbons (Fsp3) is 0.364. The highest BCUT2D eigenvalue weighted by molar-refractivity contribution is 7.92. The van der Waals surface area contributed by atoms with Crippen LogP contribution in [-0.2, 0) is 14.8 Å². The van der Waals surface area contributed by atoms with E-state index in [2.05, 4.69) is 14.9 Å². The van der Waals surface area contributed by atoms with Gasteiger partial charge in [0.15, 0.2) is 5.82 Å². The van der Waals surface area contributed by atoms with Crippen molar-refractivity contribution in [1.82, 2.24) is 14.8 Å². The Morgan fingerprint density at radius 2 is 1.75 bits per heavy atom. The monoisotopic (exact) mass is 458 g/mol. The quantitative estimate of drug-likeness (QED) is 0.549. The highest BCUT2D eigenvalue weighted by Gasteiger charge is 2.32. The van der Waals surface area contributed by atoms with Crippen LogP contribution in [0, 0.1) is 0 Å². The molecule has 2 heterocycles. The molecule has 0 amide bonds. The van der Waals surface area contributed by atoms with E-state index < -0.39 is 15.3 Å². The SMILES string of the molecule is COc1cccc(OC)c1-n1c(NS(=O)(=O)[C@@H](C)c2ccccc2)nnc1C1CCCO1. The van der Waals surface area contributed by atoms with Gasteiger partial charge in [0.05, 0.1) is 14.2 Å². The number of hydrogen-bond donors (Lipinski definition) is 1. The molecule has 1 aromatic heterocycles. The number of methoxy groups -OCH3 is 2. The second kappa shape index (κ2) is 9.17. The Morgan fingerprint density at radius 1 is 1.06 bits per heavy atom. The molecule has 1 aliphatic rings.